The average molecular weight is 485 g/mol. The lowest BCUT2D eigenvalue weighted by atomic mass is 9.97. The topological polar surface area (TPSA) is 206 Å². The number of hydrogen-bond acceptors (Lipinski definition) is 7. The van der Waals surface area contributed by atoms with Gasteiger partial charge in [-0.05, 0) is 57.5 Å². The van der Waals surface area contributed by atoms with Crippen molar-refractivity contribution in [1.29, 1.82) is 0 Å². The third-order valence-corrected chi connectivity index (χ3v) is 6.04. The van der Waals surface area contributed by atoms with E-state index in [0.717, 1.165) is 13.0 Å². The summed E-state index contributed by atoms with van der Waals surface area (Å²) in [5.41, 5.74) is 10.6. The van der Waals surface area contributed by atoms with Crippen LogP contribution < -0.4 is 32.7 Å². The Bertz CT molecular complexity index is 712. The number of carboxylic acids is 1. The molecule has 1 saturated heterocycles. The third kappa shape index (κ3) is 10.0. The van der Waals surface area contributed by atoms with Crippen molar-refractivity contribution >= 4 is 29.6 Å². The maximum Gasteiger partial charge on any atom is 0.326 e. The van der Waals surface area contributed by atoms with Crippen LogP contribution in [0.15, 0.2) is 0 Å². The van der Waals surface area contributed by atoms with E-state index in [1.165, 1.54) is 0 Å². The van der Waals surface area contributed by atoms with Gasteiger partial charge in [0.2, 0.25) is 23.6 Å². The molecule has 1 fully saturated rings. The molecular formula is C22H40N6O6. The van der Waals surface area contributed by atoms with Crippen LogP contribution in [0.2, 0.25) is 0 Å². The van der Waals surface area contributed by atoms with Crippen LogP contribution in [-0.4, -0.2) is 72.0 Å². The van der Waals surface area contributed by atoms with Gasteiger partial charge in [0.05, 0.1) is 6.04 Å². The van der Waals surface area contributed by atoms with E-state index >= 15 is 0 Å². The van der Waals surface area contributed by atoms with E-state index in [2.05, 4.69) is 21.3 Å². The fraction of sp³-hybridized carbons (Fsp3) is 0.773. The number of aliphatic carboxylic acids is 1. The Kier molecular flexibility index (Phi) is 13.1. The van der Waals surface area contributed by atoms with Crippen molar-refractivity contribution in [2.24, 2.45) is 17.4 Å². The zero-order valence-corrected chi connectivity index (χ0v) is 20.1. The summed E-state index contributed by atoms with van der Waals surface area (Å²) in [5.74, 6) is -3.65. The van der Waals surface area contributed by atoms with Crippen molar-refractivity contribution in [2.45, 2.75) is 89.4 Å². The molecule has 1 aliphatic heterocycles. The van der Waals surface area contributed by atoms with Gasteiger partial charge in [0.25, 0.3) is 0 Å². The molecule has 194 valence electrons. The highest BCUT2D eigenvalue weighted by Gasteiger charge is 2.33. The molecule has 0 radical (unpaired) electrons. The summed E-state index contributed by atoms with van der Waals surface area (Å²) in [6, 6.07) is -3.56. The first kappa shape index (κ1) is 29.3. The number of carboxylic acid groups (broad SMARTS) is 1. The van der Waals surface area contributed by atoms with E-state index in [1.54, 1.807) is 0 Å². The van der Waals surface area contributed by atoms with Crippen LogP contribution in [0.5, 0.6) is 0 Å². The zero-order valence-electron chi connectivity index (χ0n) is 20.1. The van der Waals surface area contributed by atoms with E-state index in [4.69, 9.17) is 11.5 Å². The first-order chi connectivity index (χ1) is 16.1. The molecular weight excluding hydrogens is 444 g/mol. The molecule has 9 N–H and O–H groups in total. The summed E-state index contributed by atoms with van der Waals surface area (Å²) in [6.45, 7) is 4.87. The van der Waals surface area contributed by atoms with Crippen LogP contribution in [0.3, 0.4) is 0 Å². The summed E-state index contributed by atoms with van der Waals surface area (Å²) < 4.78 is 0. The zero-order chi connectivity index (χ0) is 25.7. The second-order valence-corrected chi connectivity index (χ2v) is 8.77. The summed E-state index contributed by atoms with van der Waals surface area (Å²) in [7, 11) is 0. The lowest BCUT2D eigenvalue weighted by molar-refractivity contribution is -0.142. The number of unbranched alkanes of at least 4 members (excludes halogenated alkanes) is 1. The number of hydrogen-bond donors (Lipinski definition) is 7. The Morgan fingerprint density at radius 3 is 2.24 bits per heavy atom. The minimum atomic E-state index is -1.33. The maximum absolute atomic E-state index is 13.1. The molecule has 0 aliphatic carbocycles. The average Bonchev–Trinajstić information content (AvgIpc) is 3.33. The summed E-state index contributed by atoms with van der Waals surface area (Å²) >= 11 is 0. The molecule has 1 rings (SSSR count). The third-order valence-electron chi connectivity index (χ3n) is 6.04. The minimum Gasteiger partial charge on any atom is -0.480 e. The van der Waals surface area contributed by atoms with Gasteiger partial charge in [-0.25, -0.2) is 4.79 Å². The Hall–Kier alpha value is -2.73. The van der Waals surface area contributed by atoms with Crippen molar-refractivity contribution in [1.82, 2.24) is 21.3 Å². The smallest absolute Gasteiger partial charge is 0.326 e. The lowest BCUT2D eigenvalue weighted by Gasteiger charge is -2.28. The molecule has 5 unspecified atom stereocenters. The number of carbonyl (C=O) groups is 5. The van der Waals surface area contributed by atoms with Crippen molar-refractivity contribution in [3.05, 3.63) is 0 Å². The summed E-state index contributed by atoms with van der Waals surface area (Å²) in [4.78, 5) is 61.2. The fourth-order valence-electron chi connectivity index (χ4n) is 3.70. The number of amides is 4. The van der Waals surface area contributed by atoms with Gasteiger partial charge in [0.15, 0.2) is 0 Å². The fourth-order valence-corrected chi connectivity index (χ4v) is 3.70. The first-order valence-corrected chi connectivity index (χ1v) is 12.0. The van der Waals surface area contributed by atoms with E-state index in [9.17, 15) is 29.1 Å². The second-order valence-electron chi connectivity index (χ2n) is 8.77. The minimum absolute atomic E-state index is 0.167. The normalized spacial score (nSPS) is 18.9. The van der Waals surface area contributed by atoms with Crippen LogP contribution in [0.25, 0.3) is 0 Å². The molecule has 4 amide bonds. The standard InChI is InChI=1S/C22H40N6O6/c1-3-13(2)18(28-19(30)14-8-6-12-25-14)21(32)26-15(7-4-5-11-23)20(31)27-16(22(33)34)9-10-17(24)29/h13-16,18,25H,3-12,23H2,1-2H3,(H2,24,29)(H,26,32)(H,27,31)(H,28,30)(H,33,34). The van der Waals surface area contributed by atoms with Crippen molar-refractivity contribution in [3.63, 3.8) is 0 Å². The summed E-state index contributed by atoms with van der Waals surface area (Å²) in [5, 5.41) is 20.3. The predicted octanol–water partition coefficient (Wildman–Crippen LogP) is -1.28. The number of carbonyl (C=O) groups excluding carboxylic acids is 4. The van der Waals surface area contributed by atoms with Gasteiger partial charge in [-0.3, -0.25) is 19.2 Å². The van der Waals surface area contributed by atoms with Crippen LogP contribution in [0, 0.1) is 5.92 Å². The lowest BCUT2D eigenvalue weighted by Crippen LogP contribution is -2.58. The monoisotopic (exact) mass is 484 g/mol. The van der Waals surface area contributed by atoms with Gasteiger partial charge in [-0.1, -0.05) is 20.3 Å². The van der Waals surface area contributed by atoms with Crippen molar-refractivity contribution in [2.75, 3.05) is 13.1 Å². The highest BCUT2D eigenvalue weighted by Crippen LogP contribution is 2.12. The quantitative estimate of drug-likeness (QED) is 0.131. The number of nitrogens with one attached hydrogen (secondary N) is 4. The van der Waals surface area contributed by atoms with Gasteiger partial charge in [-0.15, -0.1) is 0 Å². The highest BCUT2D eigenvalue weighted by molar-refractivity contribution is 5.94. The molecule has 0 aromatic rings. The molecule has 12 nitrogen and oxygen atoms in total. The van der Waals surface area contributed by atoms with Crippen LogP contribution >= 0.6 is 0 Å². The van der Waals surface area contributed by atoms with Crippen molar-refractivity contribution < 1.29 is 29.1 Å². The Morgan fingerprint density at radius 2 is 1.71 bits per heavy atom. The van der Waals surface area contributed by atoms with Gasteiger partial charge >= 0.3 is 5.97 Å². The molecule has 0 aromatic carbocycles. The molecule has 1 aliphatic rings. The van der Waals surface area contributed by atoms with E-state index < -0.39 is 41.8 Å². The Labute approximate surface area is 200 Å². The van der Waals surface area contributed by atoms with Gasteiger partial charge < -0.3 is 37.8 Å². The van der Waals surface area contributed by atoms with Gasteiger partial charge in [0.1, 0.15) is 18.1 Å². The number of rotatable bonds is 16. The largest absolute Gasteiger partial charge is 0.480 e. The number of nitrogens with two attached hydrogens (primary N) is 2. The molecule has 5 atom stereocenters. The van der Waals surface area contributed by atoms with Crippen LogP contribution in [-0.2, 0) is 24.0 Å². The second kappa shape index (κ2) is 15.2. The first-order valence-electron chi connectivity index (χ1n) is 12.0. The molecule has 12 heteroatoms. The SMILES string of the molecule is CCC(C)C(NC(=O)C1CCCN1)C(=O)NC(CCCCN)C(=O)NC(CCC(N)=O)C(=O)O. The van der Waals surface area contributed by atoms with E-state index in [0.29, 0.717) is 32.2 Å². The van der Waals surface area contributed by atoms with E-state index in [-0.39, 0.29) is 37.1 Å². The Morgan fingerprint density at radius 1 is 1.03 bits per heavy atom. The highest BCUT2D eigenvalue weighted by atomic mass is 16.4. The van der Waals surface area contributed by atoms with E-state index in [1.807, 2.05) is 13.8 Å². The molecule has 0 bridgehead atoms. The molecule has 0 aromatic heterocycles. The van der Waals surface area contributed by atoms with Crippen LogP contribution in [0.4, 0.5) is 0 Å². The molecule has 0 spiro atoms. The van der Waals surface area contributed by atoms with Gasteiger partial charge in [-0.2, -0.15) is 0 Å². The maximum atomic E-state index is 13.1. The number of primary amides is 1. The van der Waals surface area contributed by atoms with Crippen molar-refractivity contribution in [3.8, 4) is 0 Å². The van der Waals surface area contributed by atoms with Crippen LogP contribution in [0.1, 0.15) is 65.2 Å². The molecule has 1 heterocycles. The van der Waals surface area contributed by atoms with Gasteiger partial charge in [0, 0.05) is 6.42 Å². The summed E-state index contributed by atoms with van der Waals surface area (Å²) in [6.07, 6.45) is 3.19. The Balaban J connectivity index is 2.93. The predicted molar refractivity (Wildman–Crippen MR) is 125 cm³/mol. The molecule has 0 saturated carbocycles. The molecule has 34 heavy (non-hydrogen) atoms.